The van der Waals surface area contributed by atoms with Gasteiger partial charge in [0, 0.05) is 18.0 Å². The molecule has 1 saturated carbocycles. The van der Waals surface area contributed by atoms with Crippen molar-refractivity contribution >= 4 is 5.97 Å². The number of hydrogen-bond acceptors (Lipinski definition) is 5. The molecular formula is C27H33NO4. The molecule has 3 aliphatic rings. The lowest BCUT2D eigenvalue weighted by atomic mass is 9.62. The largest absolute Gasteiger partial charge is 0.497 e. The first-order valence-corrected chi connectivity index (χ1v) is 11.8. The van der Waals surface area contributed by atoms with E-state index in [1.165, 1.54) is 57.0 Å². The second-order valence-corrected chi connectivity index (χ2v) is 9.67. The number of ether oxygens (including phenoxy) is 3. The van der Waals surface area contributed by atoms with Gasteiger partial charge in [-0.1, -0.05) is 6.07 Å². The third-order valence-corrected chi connectivity index (χ3v) is 7.68. The number of methoxy groups -OCH3 is 2. The zero-order valence-electron chi connectivity index (χ0n) is 19.1. The van der Waals surface area contributed by atoms with Gasteiger partial charge in [0.15, 0.2) is 0 Å². The molecule has 0 amide bonds. The van der Waals surface area contributed by atoms with E-state index in [0.29, 0.717) is 18.2 Å². The van der Waals surface area contributed by atoms with E-state index >= 15 is 0 Å². The highest BCUT2D eigenvalue weighted by Crippen LogP contribution is 2.49. The van der Waals surface area contributed by atoms with Crippen LogP contribution in [0.3, 0.4) is 0 Å². The lowest BCUT2D eigenvalue weighted by molar-refractivity contribution is 0.0600. The summed E-state index contributed by atoms with van der Waals surface area (Å²) in [5, 5.41) is 0. The van der Waals surface area contributed by atoms with Gasteiger partial charge in [-0.05, 0) is 98.5 Å². The lowest BCUT2D eigenvalue weighted by Crippen LogP contribution is -2.54. The first-order chi connectivity index (χ1) is 15.6. The highest BCUT2D eigenvalue weighted by molar-refractivity contribution is 5.89. The zero-order chi connectivity index (χ0) is 22.1. The van der Waals surface area contributed by atoms with Gasteiger partial charge in [-0.3, -0.25) is 4.90 Å². The molecule has 5 heteroatoms. The topological polar surface area (TPSA) is 48.0 Å². The molecule has 32 heavy (non-hydrogen) atoms. The molecule has 0 radical (unpaired) electrons. The van der Waals surface area contributed by atoms with Crippen molar-refractivity contribution in [2.24, 2.45) is 5.92 Å². The van der Waals surface area contributed by atoms with Crippen LogP contribution in [0, 0.1) is 5.92 Å². The molecule has 1 aliphatic heterocycles. The number of nitrogens with zero attached hydrogens (tertiary/aromatic N) is 1. The number of piperidine rings is 1. The summed E-state index contributed by atoms with van der Waals surface area (Å²) in [4.78, 5) is 14.4. The Balaban J connectivity index is 1.32. The molecule has 0 N–H and O–H groups in total. The van der Waals surface area contributed by atoms with Crippen LogP contribution < -0.4 is 9.47 Å². The van der Waals surface area contributed by atoms with Crippen molar-refractivity contribution < 1.29 is 19.0 Å². The summed E-state index contributed by atoms with van der Waals surface area (Å²) in [6.07, 6.45) is 7.31. The van der Waals surface area contributed by atoms with Crippen LogP contribution in [0.1, 0.15) is 53.6 Å². The molecule has 0 spiro atoms. The Morgan fingerprint density at radius 3 is 2.59 bits per heavy atom. The van der Waals surface area contributed by atoms with Crippen molar-refractivity contribution in [3.8, 4) is 11.5 Å². The molecule has 2 aromatic carbocycles. The van der Waals surface area contributed by atoms with E-state index in [2.05, 4.69) is 23.1 Å². The predicted octanol–water partition coefficient (Wildman–Crippen LogP) is 4.62. The SMILES string of the molecule is COC(=O)c1ccc(OCCC23CCN(CC4CC4)C(Cc4ccc(OC)cc42)C3)cc1. The third-order valence-electron chi connectivity index (χ3n) is 7.68. The summed E-state index contributed by atoms with van der Waals surface area (Å²) < 4.78 is 16.5. The van der Waals surface area contributed by atoms with Crippen molar-refractivity contribution in [1.29, 1.82) is 0 Å². The average Bonchev–Trinajstić information content (AvgIpc) is 3.65. The molecule has 170 valence electrons. The van der Waals surface area contributed by atoms with Crippen LogP contribution in [-0.4, -0.2) is 50.8 Å². The van der Waals surface area contributed by atoms with E-state index in [0.717, 1.165) is 30.3 Å². The van der Waals surface area contributed by atoms with Gasteiger partial charge in [0.1, 0.15) is 11.5 Å². The van der Waals surface area contributed by atoms with E-state index in [-0.39, 0.29) is 11.4 Å². The van der Waals surface area contributed by atoms with E-state index in [4.69, 9.17) is 14.2 Å². The maximum atomic E-state index is 11.7. The van der Waals surface area contributed by atoms with Crippen molar-refractivity contribution in [3.63, 3.8) is 0 Å². The molecule has 1 saturated heterocycles. The van der Waals surface area contributed by atoms with Gasteiger partial charge < -0.3 is 14.2 Å². The Labute approximate surface area is 190 Å². The van der Waals surface area contributed by atoms with Gasteiger partial charge in [-0.25, -0.2) is 4.79 Å². The average molecular weight is 436 g/mol. The van der Waals surface area contributed by atoms with Crippen molar-refractivity contribution in [1.82, 2.24) is 4.90 Å². The van der Waals surface area contributed by atoms with Gasteiger partial charge in [-0.2, -0.15) is 0 Å². The van der Waals surface area contributed by atoms with E-state index in [9.17, 15) is 4.79 Å². The summed E-state index contributed by atoms with van der Waals surface area (Å²) in [7, 11) is 3.14. The zero-order valence-corrected chi connectivity index (χ0v) is 19.1. The highest BCUT2D eigenvalue weighted by Gasteiger charge is 2.46. The van der Waals surface area contributed by atoms with E-state index < -0.39 is 0 Å². The Bertz CT molecular complexity index is 968. The summed E-state index contributed by atoms with van der Waals surface area (Å²) in [5.41, 5.74) is 3.62. The minimum atomic E-state index is -0.327. The third kappa shape index (κ3) is 4.23. The van der Waals surface area contributed by atoms with Crippen molar-refractivity contribution in [2.45, 2.75) is 50.0 Å². The molecule has 2 fully saturated rings. The Kier molecular flexibility index (Phi) is 5.85. The fourth-order valence-corrected chi connectivity index (χ4v) is 5.68. The monoisotopic (exact) mass is 435 g/mol. The second-order valence-electron chi connectivity index (χ2n) is 9.67. The van der Waals surface area contributed by atoms with Gasteiger partial charge in [0.25, 0.3) is 0 Å². The molecule has 2 bridgehead atoms. The van der Waals surface area contributed by atoms with Gasteiger partial charge >= 0.3 is 5.97 Å². The highest BCUT2D eigenvalue weighted by atomic mass is 16.5. The number of carbonyl (C=O) groups is 1. The molecule has 2 aliphatic carbocycles. The van der Waals surface area contributed by atoms with Crippen molar-refractivity contribution in [3.05, 3.63) is 59.2 Å². The number of likely N-dealkylation sites (tertiary alicyclic amines) is 1. The van der Waals surface area contributed by atoms with Crippen LogP contribution in [0.15, 0.2) is 42.5 Å². The van der Waals surface area contributed by atoms with Gasteiger partial charge in [-0.15, -0.1) is 0 Å². The lowest BCUT2D eigenvalue weighted by Gasteiger charge is -2.51. The number of carbonyl (C=O) groups excluding carboxylic acids is 1. The maximum absolute atomic E-state index is 11.7. The quantitative estimate of drug-likeness (QED) is 0.567. The molecule has 5 nitrogen and oxygen atoms in total. The predicted molar refractivity (Wildman–Crippen MR) is 124 cm³/mol. The molecule has 5 rings (SSSR count). The standard InChI is InChI=1S/C27H33NO4/c1-30-24-10-7-21-15-22-17-27(25(21)16-24,11-13-28(22)18-19-3-4-19)12-14-32-23-8-5-20(6-9-23)26(29)31-2/h5-10,16,19,22H,3-4,11-15,17-18H2,1-2H3. The summed E-state index contributed by atoms with van der Waals surface area (Å²) in [6.45, 7) is 3.10. The van der Waals surface area contributed by atoms with E-state index in [1.807, 2.05) is 12.1 Å². The number of esters is 1. The number of hydrogen-bond donors (Lipinski definition) is 0. The molecule has 1 heterocycles. The van der Waals surface area contributed by atoms with Crippen LogP contribution in [0.4, 0.5) is 0 Å². The number of rotatable bonds is 8. The fourth-order valence-electron chi connectivity index (χ4n) is 5.68. The molecule has 0 aromatic heterocycles. The Morgan fingerprint density at radius 1 is 1.09 bits per heavy atom. The van der Waals surface area contributed by atoms with Crippen molar-refractivity contribution in [2.75, 3.05) is 33.9 Å². The minimum absolute atomic E-state index is 0.138. The van der Waals surface area contributed by atoms with Crippen LogP contribution in [-0.2, 0) is 16.6 Å². The normalized spacial score (nSPS) is 24.5. The number of benzene rings is 2. The maximum Gasteiger partial charge on any atom is 0.337 e. The Hall–Kier alpha value is -2.53. The second kappa shape index (κ2) is 8.78. The molecule has 2 unspecified atom stereocenters. The van der Waals surface area contributed by atoms with Crippen LogP contribution >= 0.6 is 0 Å². The first kappa shape index (κ1) is 21.3. The smallest absolute Gasteiger partial charge is 0.337 e. The molecular weight excluding hydrogens is 402 g/mol. The summed E-state index contributed by atoms with van der Waals surface area (Å²) >= 11 is 0. The summed E-state index contributed by atoms with van der Waals surface area (Å²) in [5.74, 6) is 2.34. The van der Waals surface area contributed by atoms with Crippen LogP contribution in [0.2, 0.25) is 0 Å². The molecule has 2 atom stereocenters. The van der Waals surface area contributed by atoms with Gasteiger partial charge in [0.2, 0.25) is 0 Å². The van der Waals surface area contributed by atoms with Gasteiger partial charge in [0.05, 0.1) is 26.4 Å². The first-order valence-electron chi connectivity index (χ1n) is 11.8. The minimum Gasteiger partial charge on any atom is -0.497 e. The van der Waals surface area contributed by atoms with Crippen LogP contribution in [0.25, 0.3) is 0 Å². The summed E-state index contributed by atoms with van der Waals surface area (Å²) in [6, 6.07) is 14.5. The fraction of sp³-hybridized carbons (Fsp3) is 0.519. The van der Waals surface area contributed by atoms with E-state index in [1.54, 1.807) is 19.2 Å². The Morgan fingerprint density at radius 2 is 1.88 bits per heavy atom. The molecule has 2 aromatic rings. The van der Waals surface area contributed by atoms with Crippen LogP contribution in [0.5, 0.6) is 11.5 Å². The number of fused-ring (bicyclic) bond motifs is 4.